The number of amides is 2. The Labute approximate surface area is 134 Å². The largest absolute Gasteiger partial charge is 0.482 e. The molecule has 23 heavy (non-hydrogen) atoms. The fourth-order valence-electron chi connectivity index (χ4n) is 2.35. The molecule has 2 amide bonds. The van der Waals surface area contributed by atoms with Crippen molar-refractivity contribution >= 4 is 33.8 Å². The van der Waals surface area contributed by atoms with Gasteiger partial charge in [0.05, 0.1) is 17.9 Å². The Morgan fingerprint density at radius 3 is 3.26 bits per heavy atom. The minimum absolute atomic E-state index is 0.0382. The number of carbonyl (C=O) groups excluding carboxylic acids is 2. The number of carbonyl (C=O) groups is 2. The zero-order chi connectivity index (χ0) is 15.8. The quantitative estimate of drug-likeness (QED) is 0.766. The van der Waals surface area contributed by atoms with Crippen LogP contribution in [0.25, 0.3) is 4.96 Å². The third-order valence-corrected chi connectivity index (χ3v) is 4.22. The minimum atomic E-state index is -0.218. The van der Waals surface area contributed by atoms with Gasteiger partial charge in [-0.2, -0.15) is 0 Å². The maximum atomic E-state index is 12.2. The average Bonchev–Trinajstić information content (AvgIpc) is 3.13. The zero-order valence-electron chi connectivity index (χ0n) is 11.9. The summed E-state index contributed by atoms with van der Waals surface area (Å²) >= 11 is 1.54. The highest BCUT2D eigenvalue weighted by Gasteiger charge is 2.17. The predicted molar refractivity (Wildman–Crippen MR) is 84.8 cm³/mol. The lowest BCUT2D eigenvalue weighted by molar-refractivity contribution is -0.118. The van der Waals surface area contributed by atoms with Crippen molar-refractivity contribution in [1.29, 1.82) is 0 Å². The minimum Gasteiger partial charge on any atom is -0.482 e. The van der Waals surface area contributed by atoms with Gasteiger partial charge < -0.3 is 15.4 Å². The molecule has 4 rings (SSSR count). The van der Waals surface area contributed by atoms with Crippen molar-refractivity contribution in [2.45, 2.75) is 6.54 Å². The second-order valence-corrected chi connectivity index (χ2v) is 5.93. The number of nitrogens with one attached hydrogen (secondary N) is 2. The summed E-state index contributed by atoms with van der Waals surface area (Å²) in [7, 11) is 0. The number of thiazole rings is 1. The maximum absolute atomic E-state index is 12.2. The number of hydrogen-bond acceptors (Lipinski definition) is 5. The SMILES string of the molecule is O=C1COc2cc(C(=O)NCc3cn4ccsc4n3)ccc2N1. The van der Waals surface area contributed by atoms with E-state index in [2.05, 4.69) is 15.6 Å². The molecule has 0 atom stereocenters. The number of hydrogen-bond donors (Lipinski definition) is 2. The van der Waals surface area contributed by atoms with Crippen LogP contribution in [0.15, 0.2) is 36.0 Å². The van der Waals surface area contributed by atoms with Gasteiger partial charge in [-0.3, -0.25) is 14.0 Å². The summed E-state index contributed by atoms with van der Waals surface area (Å²) < 4.78 is 7.23. The summed E-state index contributed by atoms with van der Waals surface area (Å²) in [5.41, 5.74) is 1.85. The number of nitrogens with zero attached hydrogens (tertiary/aromatic N) is 2. The highest BCUT2D eigenvalue weighted by atomic mass is 32.1. The Bertz CT molecular complexity index is 886. The van der Waals surface area contributed by atoms with Gasteiger partial charge >= 0.3 is 0 Å². The van der Waals surface area contributed by atoms with Crippen LogP contribution < -0.4 is 15.4 Å². The summed E-state index contributed by atoms with van der Waals surface area (Å²) in [6.45, 7) is 0.311. The fourth-order valence-corrected chi connectivity index (χ4v) is 3.07. The Balaban J connectivity index is 1.46. The molecule has 0 aliphatic carbocycles. The van der Waals surface area contributed by atoms with Gasteiger partial charge in [-0.15, -0.1) is 11.3 Å². The first-order chi connectivity index (χ1) is 11.2. The molecule has 2 aromatic heterocycles. The van der Waals surface area contributed by atoms with Crippen LogP contribution in [0, 0.1) is 0 Å². The number of benzene rings is 1. The van der Waals surface area contributed by atoms with Gasteiger partial charge in [0.15, 0.2) is 11.6 Å². The molecule has 1 aliphatic rings. The van der Waals surface area contributed by atoms with Crippen LogP contribution in [-0.2, 0) is 11.3 Å². The molecule has 3 heterocycles. The second kappa shape index (κ2) is 5.40. The molecule has 3 aromatic rings. The maximum Gasteiger partial charge on any atom is 0.262 e. The smallest absolute Gasteiger partial charge is 0.262 e. The van der Waals surface area contributed by atoms with Gasteiger partial charge in [-0.25, -0.2) is 4.98 Å². The van der Waals surface area contributed by atoms with Crippen molar-refractivity contribution in [3.05, 3.63) is 47.2 Å². The molecule has 7 nitrogen and oxygen atoms in total. The van der Waals surface area contributed by atoms with Gasteiger partial charge in [0.1, 0.15) is 5.75 Å². The van der Waals surface area contributed by atoms with Crippen LogP contribution in [0.1, 0.15) is 16.1 Å². The molecule has 0 spiro atoms. The molecule has 0 bridgehead atoms. The van der Waals surface area contributed by atoms with Crippen LogP contribution in [0.4, 0.5) is 5.69 Å². The van der Waals surface area contributed by atoms with Crippen LogP contribution in [0.2, 0.25) is 0 Å². The first-order valence-electron chi connectivity index (χ1n) is 6.95. The molecular formula is C15H12N4O3S. The van der Waals surface area contributed by atoms with Crippen LogP contribution >= 0.6 is 11.3 Å². The second-order valence-electron chi connectivity index (χ2n) is 5.06. The topological polar surface area (TPSA) is 84.7 Å². The molecule has 0 saturated carbocycles. The molecule has 0 unspecified atom stereocenters. The van der Waals surface area contributed by atoms with E-state index in [1.807, 2.05) is 22.2 Å². The van der Waals surface area contributed by atoms with Gasteiger partial charge in [-0.05, 0) is 18.2 Å². The number of aromatic nitrogens is 2. The molecule has 0 radical (unpaired) electrons. The number of ether oxygens (including phenoxy) is 1. The van der Waals surface area contributed by atoms with E-state index >= 15 is 0 Å². The van der Waals surface area contributed by atoms with E-state index < -0.39 is 0 Å². The highest BCUT2D eigenvalue weighted by Crippen LogP contribution is 2.28. The third kappa shape index (κ3) is 2.64. The number of rotatable bonds is 3. The van der Waals surface area contributed by atoms with Gasteiger partial charge in [0.2, 0.25) is 0 Å². The van der Waals surface area contributed by atoms with Crippen molar-refractivity contribution in [2.24, 2.45) is 0 Å². The third-order valence-electron chi connectivity index (χ3n) is 3.45. The monoisotopic (exact) mass is 328 g/mol. The lowest BCUT2D eigenvalue weighted by atomic mass is 10.1. The summed E-state index contributed by atoms with van der Waals surface area (Å²) in [6.07, 6.45) is 3.81. The highest BCUT2D eigenvalue weighted by molar-refractivity contribution is 7.15. The Morgan fingerprint density at radius 2 is 2.39 bits per heavy atom. The van der Waals surface area contributed by atoms with Gasteiger partial charge in [0, 0.05) is 23.3 Å². The molecule has 1 aliphatic heterocycles. The number of fused-ring (bicyclic) bond motifs is 2. The lowest BCUT2D eigenvalue weighted by Gasteiger charge is -2.18. The van der Waals surface area contributed by atoms with E-state index in [1.165, 1.54) is 0 Å². The fraction of sp³-hybridized carbons (Fsp3) is 0.133. The van der Waals surface area contributed by atoms with E-state index in [9.17, 15) is 9.59 Å². The Hall–Kier alpha value is -2.87. The summed E-state index contributed by atoms with van der Waals surface area (Å²) in [4.78, 5) is 28.8. The molecule has 116 valence electrons. The van der Waals surface area contributed by atoms with Crippen molar-refractivity contribution in [1.82, 2.24) is 14.7 Å². The van der Waals surface area contributed by atoms with Crippen LogP contribution in [0.5, 0.6) is 5.75 Å². The average molecular weight is 328 g/mol. The lowest BCUT2D eigenvalue weighted by Crippen LogP contribution is -2.26. The standard InChI is InChI=1S/C15H12N4O3S/c20-13-8-22-12-5-9(1-2-11(12)18-13)14(21)16-6-10-7-19-3-4-23-15(19)17-10/h1-5,7H,6,8H2,(H,16,21)(H,18,20). The van der Waals surface area contributed by atoms with Crippen LogP contribution in [0.3, 0.4) is 0 Å². The molecular weight excluding hydrogens is 316 g/mol. The summed E-state index contributed by atoms with van der Waals surface area (Å²) in [5.74, 6) is 0.0823. The van der Waals surface area contributed by atoms with E-state index in [1.54, 1.807) is 29.5 Å². The molecule has 1 aromatic carbocycles. The van der Waals surface area contributed by atoms with Gasteiger partial charge in [0.25, 0.3) is 11.8 Å². The molecule has 0 fully saturated rings. The molecule has 8 heteroatoms. The van der Waals surface area contributed by atoms with Crippen molar-refractivity contribution in [3.63, 3.8) is 0 Å². The van der Waals surface area contributed by atoms with Crippen molar-refractivity contribution in [3.8, 4) is 5.75 Å². The first kappa shape index (κ1) is 13.8. The number of anilines is 1. The van der Waals surface area contributed by atoms with E-state index in [0.29, 0.717) is 23.5 Å². The van der Waals surface area contributed by atoms with Crippen molar-refractivity contribution in [2.75, 3.05) is 11.9 Å². The van der Waals surface area contributed by atoms with Crippen LogP contribution in [-0.4, -0.2) is 27.8 Å². The summed E-state index contributed by atoms with van der Waals surface area (Å²) in [6, 6.07) is 4.93. The van der Waals surface area contributed by atoms with Gasteiger partial charge in [-0.1, -0.05) is 0 Å². The molecule has 2 N–H and O–H groups in total. The normalized spacial score (nSPS) is 13.3. The first-order valence-corrected chi connectivity index (χ1v) is 7.83. The van der Waals surface area contributed by atoms with Crippen molar-refractivity contribution < 1.29 is 14.3 Å². The zero-order valence-corrected chi connectivity index (χ0v) is 12.7. The Morgan fingerprint density at radius 1 is 1.48 bits per heavy atom. The molecule has 0 saturated heterocycles. The summed E-state index contributed by atoms with van der Waals surface area (Å²) in [5, 5.41) is 7.47. The van der Waals surface area contributed by atoms with E-state index in [4.69, 9.17) is 4.74 Å². The predicted octanol–water partition coefficient (Wildman–Crippen LogP) is 1.66. The van der Waals surface area contributed by atoms with E-state index in [-0.39, 0.29) is 18.4 Å². The van der Waals surface area contributed by atoms with E-state index in [0.717, 1.165) is 10.7 Å². The number of imidazole rings is 1. The Kier molecular flexibility index (Phi) is 3.23.